The number of aliphatic hydroxyl groups excluding tert-OH is 1. The van der Waals surface area contributed by atoms with Crippen LogP contribution in [0.25, 0.3) is 5.76 Å². The summed E-state index contributed by atoms with van der Waals surface area (Å²) in [6, 6.07) is 6.55. The smallest absolute Gasteiger partial charge is 0.338 e. The monoisotopic (exact) mass is 395 g/mol. The molecular weight excluding hydrogens is 374 g/mol. The second-order valence-electron chi connectivity index (χ2n) is 6.38. The molecule has 1 N–H and O–H groups in total. The van der Waals surface area contributed by atoms with Gasteiger partial charge < -0.3 is 19.5 Å². The van der Waals surface area contributed by atoms with E-state index in [1.54, 1.807) is 55.5 Å². The van der Waals surface area contributed by atoms with Crippen molar-refractivity contribution in [1.29, 1.82) is 0 Å². The molecule has 1 aliphatic heterocycles. The van der Waals surface area contributed by atoms with Gasteiger partial charge in [0.2, 0.25) is 0 Å². The Morgan fingerprint density at radius 3 is 2.55 bits per heavy atom. The van der Waals surface area contributed by atoms with Crippen LogP contribution in [0.15, 0.2) is 65.4 Å². The first-order valence-corrected chi connectivity index (χ1v) is 9.13. The Bertz CT molecular complexity index is 966. The number of methoxy groups -OCH3 is 1. The van der Waals surface area contributed by atoms with Gasteiger partial charge in [-0.25, -0.2) is 4.79 Å². The molecule has 150 valence electrons. The van der Waals surface area contributed by atoms with Gasteiger partial charge in [0.25, 0.3) is 11.7 Å². The van der Waals surface area contributed by atoms with E-state index < -0.39 is 17.7 Å². The van der Waals surface area contributed by atoms with E-state index in [4.69, 9.17) is 9.47 Å². The molecule has 1 saturated heterocycles. The number of hydrogen-bond acceptors (Lipinski definition) is 6. The number of ketones is 1. The van der Waals surface area contributed by atoms with Crippen LogP contribution in [0.3, 0.4) is 0 Å². The zero-order chi connectivity index (χ0) is 21.0. The molecule has 3 rings (SSSR count). The van der Waals surface area contributed by atoms with Gasteiger partial charge in [-0.3, -0.25) is 9.59 Å². The summed E-state index contributed by atoms with van der Waals surface area (Å²) in [6.45, 7) is 1.94. The van der Waals surface area contributed by atoms with E-state index in [0.717, 1.165) is 0 Å². The number of hydrogen-bond donors (Lipinski definition) is 1. The normalized spacial score (nSPS) is 18.2. The predicted molar refractivity (Wildman–Crippen MR) is 106 cm³/mol. The standard InChI is InChI=1S/C22H21NO6/c1-3-29-22(27)15-5-4-6-16(10-7-15)23-13-18(20(25)21(23)26)19(24)14-8-11-17(28-2)12-9-14/h4-5,7-12,24H,3,6,13H2,1-2H3/b19-18-. The molecule has 0 unspecified atom stereocenters. The number of amides is 1. The van der Waals surface area contributed by atoms with Gasteiger partial charge in [0.05, 0.1) is 31.4 Å². The fourth-order valence-corrected chi connectivity index (χ4v) is 3.06. The van der Waals surface area contributed by atoms with E-state index >= 15 is 0 Å². The van der Waals surface area contributed by atoms with Crippen molar-refractivity contribution in [2.75, 3.05) is 20.3 Å². The summed E-state index contributed by atoms with van der Waals surface area (Å²) < 4.78 is 10.1. The summed E-state index contributed by atoms with van der Waals surface area (Å²) in [5.41, 5.74) is 1.36. The van der Waals surface area contributed by atoms with Gasteiger partial charge in [-0.05, 0) is 43.3 Å². The fourth-order valence-electron chi connectivity index (χ4n) is 3.06. The largest absolute Gasteiger partial charge is 0.507 e. The molecule has 7 heteroatoms. The molecule has 1 aliphatic carbocycles. The lowest BCUT2D eigenvalue weighted by Gasteiger charge is -2.16. The van der Waals surface area contributed by atoms with Gasteiger partial charge in [-0.15, -0.1) is 0 Å². The molecular formula is C22H21NO6. The predicted octanol–water partition coefficient (Wildman–Crippen LogP) is 2.71. The second-order valence-corrected chi connectivity index (χ2v) is 6.38. The van der Waals surface area contributed by atoms with Gasteiger partial charge in [0, 0.05) is 17.7 Å². The van der Waals surface area contributed by atoms with Crippen LogP contribution in [0.1, 0.15) is 18.9 Å². The van der Waals surface area contributed by atoms with E-state index in [2.05, 4.69) is 0 Å². The van der Waals surface area contributed by atoms with Crippen molar-refractivity contribution < 1.29 is 29.0 Å². The first-order valence-electron chi connectivity index (χ1n) is 9.13. The number of benzene rings is 1. The molecule has 1 amide bonds. The maximum absolute atomic E-state index is 12.5. The van der Waals surface area contributed by atoms with Crippen LogP contribution < -0.4 is 4.74 Å². The fraction of sp³-hybridized carbons (Fsp3) is 0.227. The van der Waals surface area contributed by atoms with E-state index in [0.29, 0.717) is 29.0 Å². The molecule has 1 aromatic carbocycles. The molecule has 0 atom stereocenters. The van der Waals surface area contributed by atoms with Crippen molar-refractivity contribution in [2.45, 2.75) is 13.3 Å². The number of carbonyl (C=O) groups is 3. The first kappa shape index (κ1) is 20.1. The minimum absolute atomic E-state index is 0.0314. The van der Waals surface area contributed by atoms with Crippen molar-refractivity contribution >= 4 is 23.4 Å². The van der Waals surface area contributed by atoms with Crippen molar-refractivity contribution in [2.24, 2.45) is 0 Å². The number of aliphatic hydroxyl groups is 1. The summed E-state index contributed by atoms with van der Waals surface area (Å²) in [5.74, 6) is -1.54. The molecule has 29 heavy (non-hydrogen) atoms. The van der Waals surface area contributed by atoms with Gasteiger partial charge in [0.1, 0.15) is 11.5 Å². The van der Waals surface area contributed by atoms with Gasteiger partial charge in [-0.1, -0.05) is 12.2 Å². The topological polar surface area (TPSA) is 93.1 Å². The Balaban J connectivity index is 1.87. The Labute approximate surface area is 168 Å². The van der Waals surface area contributed by atoms with Crippen molar-refractivity contribution in [3.8, 4) is 5.75 Å². The zero-order valence-corrected chi connectivity index (χ0v) is 16.2. The number of esters is 1. The van der Waals surface area contributed by atoms with Gasteiger partial charge in [0.15, 0.2) is 0 Å². The molecule has 0 bridgehead atoms. The lowest BCUT2D eigenvalue weighted by molar-refractivity contribution is -0.138. The van der Waals surface area contributed by atoms with Gasteiger partial charge >= 0.3 is 5.97 Å². The minimum atomic E-state index is -0.748. The van der Waals surface area contributed by atoms with Crippen molar-refractivity contribution in [3.63, 3.8) is 0 Å². The van der Waals surface area contributed by atoms with Crippen LogP contribution in [0.5, 0.6) is 5.75 Å². The van der Waals surface area contributed by atoms with Gasteiger partial charge in [-0.2, -0.15) is 0 Å². The van der Waals surface area contributed by atoms with Crippen molar-refractivity contribution in [3.05, 3.63) is 71.0 Å². The molecule has 2 aliphatic rings. The Morgan fingerprint density at radius 2 is 1.90 bits per heavy atom. The maximum atomic E-state index is 12.5. The quantitative estimate of drug-likeness (QED) is 0.357. The first-order chi connectivity index (χ1) is 14.0. The van der Waals surface area contributed by atoms with Crippen LogP contribution in [0.2, 0.25) is 0 Å². The van der Waals surface area contributed by atoms with Crippen LogP contribution >= 0.6 is 0 Å². The Kier molecular flexibility index (Phi) is 5.97. The average Bonchev–Trinajstić information content (AvgIpc) is 2.91. The summed E-state index contributed by atoms with van der Waals surface area (Å²) in [7, 11) is 1.53. The molecule has 1 aromatic rings. The number of ether oxygens (including phenoxy) is 2. The third-order valence-corrected chi connectivity index (χ3v) is 4.62. The van der Waals surface area contributed by atoms with E-state index in [1.165, 1.54) is 12.0 Å². The summed E-state index contributed by atoms with van der Waals surface area (Å²) in [5, 5.41) is 10.6. The number of rotatable bonds is 5. The molecule has 1 heterocycles. The van der Waals surface area contributed by atoms with E-state index in [-0.39, 0.29) is 24.5 Å². The second kappa shape index (κ2) is 8.60. The SMILES string of the molecule is CCOC(=O)C1=CC=C(N2C/C(=C(/O)c3ccc(OC)cc3)C(=O)C2=O)CC=C1. The minimum Gasteiger partial charge on any atom is -0.507 e. The number of likely N-dealkylation sites (tertiary alicyclic amines) is 1. The third-order valence-electron chi connectivity index (χ3n) is 4.62. The lowest BCUT2D eigenvalue weighted by Crippen LogP contribution is -2.26. The Hall–Kier alpha value is -3.61. The third kappa shape index (κ3) is 4.13. The maximum Gasteiger partial charge on any atom is 0.338 e. The highest BCUT2D eigenvalue weighted by Gasteiger charge is 2.38. The van der Waals surface area contributed by atoms with Crippen molar-refractivity contribution in [1.82, 2.24) is 4.90 Å². The molecule has 0 aromatic heterocycles. The number of allylic oxidation sites excluding steroid dienone is 3. The molecule has 7 nitrogen and oxygen atoms in total. The molecule has 1 fully saturated rings. The summed E-state index contributed by atoms with van der Waals surface area (Å²) in [4.78, 5) is 38.2. The Morgan fingerprint density at radius 1 is 1.17 bits per heavy atom. The number of carbonyl (C=O) groups excluding carboxylic acids is 3. The highest BCUT2D eigenvalue weighted by Crippen LogP contribution is 2.28. The van der Waals surface area contributed by atoms with Crippen LogP contribution in [-0.2, 0) is 19.1 Å². The highest BCUT2D eigenvalue weighted by molar-refractivity contribution is 6.46. The van der Waals surface area contributed by atoms with E-state index in [9.17, 15) is 19.5 Å². The average molecular weight is 395 g/mol. The molecule has 0 saturated carbocycles. The number of Topliss-reactive ketones (excluding diaryl/α,β-unsaturated/α-hetero) is 1. The van der Waals surface area contributed by atoms with Crippen LogP contribution in [0, 0.1) is 0 Å². The molecule has 0 spiro atoms. The zero-order valence-electron chi connectivity index (χ0n) is 16.2. The summed E-state index contributed by atoms with van der Waals surface area (Å²) >= 11 is 0. The number of nitrogens with zero attached hydrogens (tertiary/aromatic N) is 1. The van der Waals surface area contributed by atoms with Crippen LogP contribution in [-0.4, -0.2) is 47.9 Å². The van der Waals surface area contributed by atoms with Crippen LogP contribution in [0.4, 0.5) is 0 Å². The summed E-state index contributed by atoms with van der Waals surface area (Å²) in [6.07, 6.45) is 6.87. The lowest BCUT2D eigenvalue weighted by atomic mass is 10.1. The highest BCUT2D eigenvalue weighted by atomic mass is 16.5. The molecule has 0 radical (unpaired) electrons. The van der Waals surface area contributed by atoms with E-state index in [1.807, 2.05) is 0 Å².